The van der Waals surface area contributed by atoms with Crippen LogP contribution >= 0.6 is 23.5 Å². The highest BCUT2D eigenvalue weighted by molar-refractivity contribution is 8.13. The maximum atomic E-state index is 11.8. The SMILES string of the molecule is CNC(=O)Sc1ccc2c(c1)[C@@H](N)C1(CCN(c3ncc(Sc4ccnc(N)n4)nc3CO)CC1)C2. The van der Waals surface area contributed by atoms with E-state index >= 15 is 0 Å². The van der Waals surface area contributed by atoms with Gasteiger partial charge < -0.3 is 26.8 Å². The number of aromatic nitrogens is 4. The second-order valence-electron chi connectivity index (χ2n) is 9.00. The average Bonchev–Trinajstić information content (AvgIpc) is 3.15. The predicted octanol–water partition coefficient (Wildman–Crippen LogP) is 2.77. The summed E-state index contributed by atoms with van der Waals surface area (Å²) in [6, 6.07) is 7.85. The molecule has 1 aromatic carbocycles. The maximum absolute atomic E-state index is 11.8. The van der Waals surface area contributed by atoms with Crippen LogP contribution in [-0.2, 0) is 13.0 Å². The van der Waals surface area contributed by atoms with Crippen molar-refractivity contribution in [2.24, 2.45) is 11.1 Å². The molecule has 2 aromatic heterocycles. The van der Waals surface area contributed by atoms with Crippen LogP contribution in [0.25, 0.3) is 0 Å². The van der Waals surface area contributed by atoms with Gasteiger partial charge in [-0.3, -0.25) is 4.79 Å². The van der Waals surface area contributed by atoms with Crippen molar-refractivity contribution in [1.29, 1.82) is 0 Å². The first-order valence-electron chi connectivity index (χ1n) is 11.7. The number of carbonyl (C=O) groups is 1. The summed E-state index contributed by atoms with van der Waals surface area (Å²) in [6.45, 7) is 1.34. The summed E-state index contributed by atoms with van der Waals surface area (Å²) in [5.74, 6) is 0.898. The number of hydrogen-bond donors (Lipinski definition) is 4. The monoisotopic (exact) mass is 524 g/mol. The number of carbonyl (C=O) groups excluding carboxylic acids is 1. The molecule has 0 saturated carbocycles. The van der Waals surface area contributed by atoms with Gasteiger partial charge in [-0.2, -0.15) is 0 Å². The molecule has 1 saturated heterocycles. The molecule has 188 valence electrons. The van der Waals surface area contributed by atoms with Gasteiger partial charge in [0.05, 0.1) is 12.8 Å². The van der Waals surface area contributed by atoms with Gasteiger partial charge in [-0.15, -0.1) is 0 Å². The molecule has 1 fully saturated rings. The van der Waals surface area contributed by atoms with Crippen molar-refractivity contribution in [2.45, 2.75) is 46.9 Å². The first-order valence-corrected chi connectivity index (χ1v) is 13.3. The molecule has 36 heavy (non-hydrogen) atoms. The molecule has 5 rings (SSSR count). The second-order valence-corrected chi connectivity index (χ2v) is 11.1. The van der Waals surface area contributed by atoms with Crippen molar-refractivity contribution in [1.82, 2.24) is 25.3 Å². The molecule has 1 aliphatic heterocycles. The van der Waals surface area contributed by atoms with Gasteiger partial charge in [0.15, 0.2) is 5.82 Å². The zero-order valence-corrected chi connectivity index (χ0v) is 21.5. The number of nitrogens with zero attached hydrogens (tertiary/aromatic N) is 5. The number of nitrogens with one attached hydrogen (secondary N) is 1. The standard InChI is InChI=1S/C24H28N8O2S2/c1-27-23(34)35-15-3-2-14-11-24(20(25)16(14)10-15)5-8-32(9-6-24)21-17(13-33)30-19(12-29-21)36-18-4-7-28-22(26)31-18/h2-4,7,10,12,20,33H,5-6,8-9,11,13,25H2,1H3,(H,27,34)(H2,26,28,31)/t20-/m1/s1. The fourth-order valence-corrected chi connectivity index (χ4v) is 6.44. The highest BCUT2D eigenvalue weighted by Crippen LogP contribution is 2.51. The molecule has 1 atom stereocenters. The molecule has 0 bridgehead atoms. The Morgan fingerprint density at radius 2 is 2.03 bits per heavy atom. The van der Waals surface area contributed by atoms with Crippen LogP contribution in [0, 0.1) is 5.41 Å². The Morgan fingerprint density at radius 1 is 1.22 bits per heavy atom. The number of anilines is 2. The van der Waals surface area contributed by atoms with E-state index in [1.807, 2.05) is 6.07 Å². The Kier molecular flexibility index (Phi) is 7.02. The van der Waals surface area contributed by atoms with Crippen molar-refractivity contribution in [3.63, 3.8) is 0 Å². The van der Waals surface area contributed by atoms with Crippen molar-refractivity contribution >= 4 is 40.5 Å². The summed E-state index contributed by atoms with van der Waals surface area (Å²) in [4.78, 5) is 32.2. The third-order valence-electron chi connectivity index (χ3n) is 6.94. The first-order chi connectivity index (χ1) is 17.4. The minimum Gasteiger partial charge on any atom is -0.390 e. The Balaban J connectivity index is 1.28. The van der Waals surface area contributed by atoms with Gasteiger partial charge >= 0.3 is 0 Å². The smallest absolute Gasteiger partial charge is 0.283 e. The van der Waals surface area contributed by atoms with Gasteiger partial charge in [-0.25, -0.2) is 19.9 Å². The summed E-state index contributed by atoms with van der Waals surface area (Å²) in [6.07, 6.45) is 6.04. The highest BCUT2D eigenvalue weighted by Gasteiger charge is 2.46. The Morgan fingerprint density at radius 3 is 2.75 bits per heavy atom. The predicted molar refractivity (Wildman–Crippen MR) is 140 cm³/mol. The van der Waals surface area contributed by atoms with Gasteiger partial charge in [0.1, 0.15) is 15.7 Å². The van der Waals surface area contributed by atoms with Crippen LogP contribution in [0.3, 0.4) is 0 Å². The number of benzene rings is 1. The third kappa shape index (κ3) is 4.85. The van der Waals surface area contributed by atoms with E-state index in [9.17, 15) is 9.90 Å². The molecule has 0 unspecified atom stereocenters. The minimum atomic E-state index is -0.207. The number of amides is 1. The fraction of sp³-hybridized carbons (Fsp3) is 0.375. The van der Waals surface area contributed by atoms with Gasteiger partial charge in [0, 0.05) is 37.3 Å². The van der Waals surface area contributed by atoms with E-state index in [1.54, 1.807) is 25.5 Å². The Labute approximate surface area is 217 Å². The minimum absolute atomic E-state index is 0.0231. The summed E-state index contributed by atoms with van der Waals surface area (Å²) >= 11 is 2.51. The molecule has 2 aliphatic rings. The topological polar surface area (TPSA) is 156 Å². The molecule has 0 radical (unpaired) electrons. The maximum Gasteiger partial charge on any atom is 0.283 e. The van der Waals surface area contributed by atoms with Crippen LogP contribution in [0.2, 0.25) is 0 Å². The van der Waals surface area contributed by atoms with Gasteiger partial charge in [-0.05, 0) is 77.5 Å². The summed E-state index contributed by atoms with van der Waals surface area (Å²) < 4.78 is 0. The normalized spacial score (nSPS) is 18.3. The number of aliphatic hydroxyl groups is 1. The van der Waals surface area contributed by atoms with Crippen molar-refractivity contribution in [2.75, 3.05) is 30.8 Å². The molecular weight excluding hydrogens is 496 g/mol. The molecule has 6 N–H and O–H groups in total. The summed E-state index contributed by atoms with van der Waals surface area (Å²) in [5, 5.41) is 13.9. The lowest BCUT2D eigenvalue weighted by molar-refractivity contribution is 0.186. The molecule has 3 heterocycles. The largest absolute Gasteiger partial charge is 0.390 e. The molecule has 10 nitrogen and oxygen atoms in total. The van der Waals surface area contributed by atoms with Crippen LogP contribution in [0.4, 0.5) is 16.6 Å². The zero-order valence-electron chi connectivity index (χ0n) is 19.8. The molecule has 1 spiro atoms. The average molecular weight is 525 g/mol. The number of fused-ring (bicyclic) bond motifs is 1. The lowest BCUT2D eigenvalue weighted by Crippen LogP contribution is -2.45. The number of thioether (sulfide) groups is 1. The third-order valence-corrected chi connectivity index (χ3v) is 8.66. The number of nitrogen functional groups attached to an aromatic ring is 1. The summed E-state index contributed by atoms with van der Waals surface area (Å²) in [5.41, 5.74) is 15.4. The molecule has 3 aromatic rings. The van der Waals surface area contributed by atoms with Crippen LogP contribution in [-0.4, -0.2) is 50.4 Å². The van der Waals surface area contributed by atoms with Gasteiger partial charge in [-0.1, -0.05) is 6.07 Å². The van der Waals surface area contributed by atoms with E-state index in [4.69, 9.17) is 11.5 Å². The van der Waals surface area contributed by atoms with Crippen LogP contribution in [0.1, 0.15) is 35.7 Å². The van der Waals surface area contributed by atoms with E-state index in [1.165, 1.54) is 29.1 Å². The number of hydrogen-bond acceptors (Lipinski definition) is 11. The van der Waals surface area contributed by atoms with E-state index in [2.05, 4.69) is 42.3 Å². The fourth-order valence-electron chi connectivity index (χ4n) is 5.06. The van der Waals surface area contributed by atoms with Crippen LogP contribution < -0.4 is 21.7 Å². The summed E-state index contributed by atoms with van der Waals surface area (Å²) in [7, 11) is 1.63. The Bertz CT molecular complexity index is 1280. The van der Waals surface area contributed by atoms with Gasteiger partial charge in [0.25, 0.3) is 5.24 Å². The number of rotatable bonds is 5. The van der Waals surface area contributed by atoms with Crippen LogP contribution in [0.15, 0.2) is 51.6 Å². The zero-order chi connectivity index (χ0) is 25.3. The Hall–Kier alpha value is -2.93. The van der Waals surface area contributed by atoms with Gasteiger partial charge in [0.2, 0.25) is 5.95 Å². The quantitative estimate of drug-likeness (QED) is 0.287. The number of piperidine rings is 1. The van der Waals surface area contributed by atoms with Crippen LogP contribution in [0.5, 0.6) is 0 Å². The van der Waals surface area contributed by atoms with E-state index in [-0.39, 0.29) is 29.3 Å². The number of nitrogens with two attached hydrogens (primary N) is 2. The van der Waals surface area contributed by atoms with E-state index in [0.717, 1.165) is 42.8 Å². The molecular formula is C24H28N8O2S2. The van der Waals surface area contributed by atoms with E-state index < -0.39 is 0 Å². The second kappa shape index (κ2) is 10.2. The lowest BCUT2D eigenvalue weighted by Gasteiger charge is -2.42. The molecule has 1 aliphatic carbocycles. The highest BCUT2D eigenvalue weighted by atomic mass is 32.2. The lowest BCUT2D eigenvalue weighted by atomic mass is 9.73. The molecule has 1 amide bonds. The van der Waals surface area contributed by atoms with Crippen molar-refractivity contribution in [3.05, 3.63) is 53.5 Å². The van der Waals surface area contributed by atoms with E-state index in [0.29, 0.717) is 21.6 Å². The molecule has 12 heteroatoms. The van der Waals surface area contributed by atoms with Crippen molar-refractivity contribution in [3.8, 4) is 0 Å². The van der Waals surface area contributed by atoms with Crippen molar-refractivity contribution < 1.29 is 9.90 Å². The number of aliphatic hydroxyl groups excluding tert-OH is 1. The first kappa shape index (κ1) is 24.8.